The van der Waals surface area contributed by atoms with Gasteiger partial charge in [-0.25, -0.2) is 0 Å². The smallest absolute Gasteiger partial charge is 0.226 e. The molecule has 0 radical (unpaired) electrons. The molecule has 0 aliphatic heterocycles. The molecule has 2 amide bonds. The van der Waals surface area contributed by atoms with Crippen LogP contribution in [-0.4, -0.2) is 37.4 Å². The van der Waals surface area contributed by atoms with Crippen LogP contribution < -0.4 is 5.32 Å². The fourth-order valence-corrected chi connectivity index (χ4v) is 2.36. The molecule has 1 aromatic carbocycles. The Bertz CT molecular complexity index is 489. The Morgan fingerprint density at radius 1 is 1.35 bits per heavy atom. The summed E-state index contributed by atoms with van der Waals surface area (Å²) in [7, 11) is 3.40. The molecule has 1 aromatic rings. The summed E-state index contributed by atoms with van der Waals surface area (Å²) in [6, 6.07) is 5.92. The summed E-state index contributed by atoms with van der Waals surface area (Å²) in [5.74, 6) is 0.0851. The number of benzene rings is 1. The van der Waals surface area contributed by atoms with Gasteiger partial charge in [-0.05, 0) is 36.6 Å². The number of rotatable bonds is 6. The lowest BCUT2D eigenvalue weighted by atomic mass is 10.1. The van der Waals surface area contributed by atoms with Crippen LogP contribution in [0.5, 0.6) is 0 Å². The maximum Gasteiger partial charge on any atom is 0.226 e. The topological polar surface area (TPSA) is 49.4 Å². The number of hydrogen-bond donors (Lipinski definition) is 1. The number of aryl methyl sites for hydroxylation is 1. The zero-order valence-corrected chi connectivity index (χ0v) is 13.8. The highest BCUT2D eigenvalue weighted by atomic mass is 79.9. The summed E-state index contributed by atoms with van der Waals surface area (Å²) in [6.45, 7) is 2.60. The number of likely N-dealkylation sites (N-methyl/N-ethyl adjacent to an activating group) is 1. The number of halogens is 1. The van der Waals surface area contributed by atoms with Crippen LogP contribution in [-0.2, 0) is 16.0 Å². The Labute approximate surface area is 128 Å². The van der Waals surface area contributed by atoms with E-state index in [4.69, 9.17) is 0 Å². The highest BCUT2D eigenvalue weighted by molar-refractivity contribution is 9.10. The third kappa shape index (κ3) is 5.33. The molecule has 0 spiro atoms. The van der Waals surface area contributed by atoms with Crippen molar-refractivity contribution in [1.29, 1.82) is 0 Å². The second-order valence-corrected chi connectivity index (χ2v) is 5.76. The van der Waals surface area contributed by atoms with Gasteiger partial charge in [0.25, 0.3) is 0 Å². The van der Waals surface area contributed by atoms with Crippen molar-refractivity contribution in [3.8, 4) is 0 Å². The average Bonchev–Trinajstić information content (AvgIpc) is 2.41. The van der Waals surface area contributed by atoms with Gasteiger partial charge in [-0.15, -0.1) is 0 Å². The average molecular weight is 341 g/mol. The predicted octanol–water partition coefficient (Wildman–Crippen LogP) is 2.28. The molecule has 1 rings (SSSR count). The largest absolute Gasteiger partial charge is 0.359 e. The molecule has 0 aliphatic carbocycles. The van der Waals surface area contributed by atoms with Gasteiger partial charge in [0, 0.05) is 31.5 Å². The van der Waals surface area contributed by atoms with Crippen molar-refractivity contribution < 1.29 is 9.59 Å². The summed E-state index contributed by atoms with van der Waals surface area (Å²) in [4.78, 5) is 24.9. The number of carbonyl (C=O) groups excluding carboxylic acids is 2. The number of hydrogen-bond acceptors (Lipinski definition) is 2. The minimum Gasteiger partial charge on any atom is -0.359 e. The molecule has 0 saturated heterocycles. The van der Waals surface area contributed by atoms with Crippen LogP contribution in [0.15, 0.2) is 22.7 Å². The molecule has 5 heteroatoms. The van der Waals surface area contributed by atoms with Gasteiger partial charge in [-0.2, -0.15) is 0 Å². The van der Waals surface area contributed by atoms with Crippen LogP contribution in [0.3, 0.4) is 0 Å². The van der Waals surface area contributed by atoms with Gasteiger partial charge in [0.1, 0.15) is 0 Å². The van der Waals surface area contributed by atoms with Crippen LogP contribution in [0.4, 0.5) is 0 Å². The molecule has 0 saturated carbocycles. The molecule has 1 N–H and O–H groups in total. The Morgan fingerprint density at radius 2 is 2.05 bits per heavy atom. The first-order chi connectivity index (χ1) is 9.43. The van der Waals surface area contributed by atoms with Crippen LogP contribution in [0.25, 0.3) is 0 Å². The van der Waals surface area contributed by atoms with Crippen LogP contribution in [0.1, 0.15) is 24.0 Å². The molecular formula is C15H21BrN2O2. The molecule has 0 fully saturated rings. The van der Waals surface area contributed by atoms with Gasteiger partial charge < -0.3 is 10.2 Å². The van der Waals surface area contributed by atoms with Crippen molar-refractivity contribution in [2.45, 2.75) is 26.2 Å². The van der Waals surface area contributed by atoms with Crippen molar-refractivity contribution >= 4 is 27.7 Å². The molecular weight excluding hydrogens is 320 g/mol. The first-order valence-electron chi connectivity index (χ1n) is 6.63. The summed E-state index contributed by atoms with van der Waals surface area (Å²) in [5.41, 5.74) is 2.14. The zero-order chi connectivity index (χ0) is 15.1. The Kier molecular flexibility index (Phi) is 6.71. The predicted molar refractivity (Wildman–Crippen MR) is 83.5 cm³/mol. The quantitative estimate of drug-likeness (QED) is 0.863. The molecule has 20 heavy (non-hydrogen) atoms. The Hall–Kier alpha value is -1.36. The lowest BCUT2D eigenvalue weighted by Gasteiger charge is -2.17. The number of nitrogens with zero attached hydrogens (tertiary/aromatic N) is 1. The monoisotopic (exact) mass is 340 g/mol. The molecule has 0 aromatic heterocycles. The number of nitrogens with one attached hydrogen (secondary N) is 1. The SMILES string of the molecule is CNC(=O)CCCN(C)C(=O)Cc1ccc(Br)cc1C. The summed E-state index contributed by atoms with van der Waals surface area (Å²) >= 11 is 3.41. The van der Waals surface area contributed by atoms with Crippen molar-refractivity contribution in [2.75, 3.05) is 20.6 Å². The van der Waals surface area contributed by atoms with Gasteiger partial charge >= 0.3 is 0 Å². The maximum absolute atomic E-state index is 12.1. The van der Waals surface area contributed by atoms with E-state index >= 15 is 0 Å². The first-order valence-corrected chi connectivity index (χ1v) is 7.43. The van der Waals surface area contributed by atoms with E-state index in [1.54, 1.807) is 19.0 Å². The third-order valence-electron chi connectivity index (χ3n) is 3.25. The van der Waals surface area contributed by atoms with Crippen molar-refractivity contribution in [1.82, 2.24) is 10.2 Å². The van der Waals surface area contributed by atoms with Gasteiger partial charge in [0.05, 0.1) is 6.42 Å². The molecule has 110 valence electrons. The van der Waals surface area contributed by atoms with Crippen LogP contribution in [0, 0.1) is 6.92 Å². The highest BCUT2D eigenvalue weighted by Gasteiger charge is 2.11. The highest BCUT2D eigenvalue weighted by Crippen LogP contribution is 2.16. The van der Waals surface area contributed by atoms with Crippen LogP contribution in [0.2, 0.25) is 0 Å². The normalized spacial score (nSPS) is 10.2. The fourth-order valence-electron chi connectivity index (χ4n) is 1.88. The number of carbonyl (C=O) groups is 2. The molecule has 0 heterocycles. The van der Waals surface area contributed by atoms with Crippen molar-refractivity contribution in [3.63, 3.8) is 0 Å². The third-order valence-corrected chi connectivity index (χ3v) is 3.74. The van der Waals surface area contributed by atoms with Crippen molar-refractivity contribution in [2.24, 2.45) is 0 Å². The van der Waals surface area contributed by atoms with E-state index in [2.05, 4.69) is 21.2 Å². The van der Waals surface area contributed by atoms with E-state index in [0.29, 0.717) is 25.8 Å². The van der Waals surface area contributed by atoms with E-state index in [1.165, 1.54) is 0 Å². The van der Waals surface area contributed by atoms with E-state index < -0.39 is 0 Å². The van der Waals surface area contributed by atoms with Crippen molar-refractivity contribution in [3.05, 3.63) is 33.8 Å². The Morgan fingerprint density at radius 3 is 2.65 bits per heavy atom. The summed E-state index contributed by atoms with van der Waals surface area (Å²) in [6.07, 6.45) is 1.53. The van der Waals surface area contributed by atoms with E-state index in [-0.39, 0.29) is 11.8 Å². The fraction of sp³-hybridized carbons (Fsp3) is 0.467. The van der Waals surface area contributed by atoms with Crippen LogP contribution >= 0.6 is 15.9 Å². The summed E-state index contributed by atoms with van der Waals surface area (Å²) < 4.78 is 1.02. The molecule has 0 unspecified atom stereocenters. The number of amides is 2. The molecule has 0 aliphatic rings. The minimum atomic E-state index is 0.00889. The zero-order valence-electron chi connectivity index (χ0n) is 12.2. The lowest BCUT2D eigenvalue weighted by Crippen LogP contribution is -2.30. The molecule has 4 nitrogen and oxygen atoms in total. The van der Waals surface area contributed by atoms with Gasteiger partial charge in [0.2, 0.25) is 11.8 Å². The second-order valence-electron chi connectivity index (χ2n) is 4.84. The van der Waals surface area contributed by atoms with Gasteiger partial charge in [-0.3, -0.25) is 9.59 Å². The maximum atomic E-state index is 12.1. The van der Waals surface area contributed by atoms with E-state index in [9.17, 15) is 9.59 Å². The second kappa shape index (κ2) is 8.04. The van der Waals surface area contributed by atoms with Gasteiger partial charge in [-0.1, -0.05) is 22.0 Å². The summed E-state index contributed by atoms with van der Waals surface area (Å²) in [5, 5.41) is 2.57. The van der Waals surface area contributed by atoms with Gasteiger partial charge in [0.15, 0.2) is 0 Å². The Balaban J connectivity index is 2.47. The van der Waals surface area contributed by atoms with E-state index in [1.807, 2.05) is 25.1 Å². The first kappa shape index (κ1) is 16.7. The molecule has 0 bridgehead atoms. The minimum absolute atomic E-state index is 0.00889. The lowest BCUT2D eigenvalue weighted by molar-refractivity contribution is -0.129. The van der Waals surface area contributed by atoms with E-state index in [0.717, 1.165) is 15.6 Å². The molecule has 0 atom stereocenters. The standard InChI is InChI=1S/C15H21BrN2O2/c1-11-9-13(16)7-6-12(11)10-15(20)18(3)8-4-5-14(19)17-2/h6-7,9H,4-5,8,10H2,1-3H3,(H,17,19).